The fraction of sp³-hybridized carbons (Fsp3) is 0.938. The van der Waals surface area contributed by atoms with Crippen molar-refractivity contribution >= 4 is 30.7 Å². The molecule has 1 amide bonds. The molecule has 2 aliphatic heterocycles. The topological polar surface area (TPSA) is 44.4 Å². The number of hydrogen-bond donors (Lipinski definition) is 2. The van der Waals surface area contributed by atoms with Crippen LogP contribution in [0.1, 0.15) is 45.4 Å². The maximum Gasteiger partial charge on any atom is 0.227 e. The van der Waals surface area contributed by atoms with E-state index in [4.69, 9.17) is 0 Å². The first-order chi connectivity index (χ1) is 9.76. The van der Waals surface area contributed by atoms with Crippen LogP contribution in [0.25, 0.3) is 0 Å². The highest BCUT2D eigenvalue weighted by atomic mass is 35.5. The van der Waals surface area contributed by atoms with Gasteiger partial charge >= 0.3 is 0 Å². The molecule has 0 aromatic heterocycles. The largest absolute Gasteiger partial charge is 0.354 e. The van der Waals surface area contributed by atoms with Crippen molar-refractivity contribution in [2.45, 2.75) is 51.5 Å². The number of nitrogens with one attached hydrogen (secondary N) is 2. The molecule has 0 spiro atoms. The van der Waals surface area contributed by atoms with Gasteiger partial charge in [-0.05, 0) is 51.2 Å². The van der Waals surface area contributed by atoms with Crippen LogP contribution in [0.5, 0.6) is 0 Å². The first-order valence-corrected chi connectivity index (χ1v) is 8.49. The summed E-state index contributed by atoms with van der Waals surface area (Å²) in [6, 6.07) is 0.566. The third kappa shape index (κ3) is 3.72. The zero-order valence-corrected chi connectivity index (χ0v) is 15.2. The number of halogens is 2. The lowest BCUT2D eigenvalue weighted by Crippen LogP contribution is -2.50. The van der Waals surface area contributed by atoms with Crippen molar-refractivity contribution < 1.29 is 4.79 Å². The lowest BCUT2D eigenvalue weighted by Gasteiger charge is -2.37. The molecule has 4 nitrogen and oxygen atoms in total. The highest BCUT2D eigenvalue weighted by Gasteiger charge is 2.49. The van der Waals surface area contributed by atoms with E-state index in [1.54, 1.807) is 0 Å². The summed E-state index contributed by atoms with van der Waals surface area (Å²) in [6.07, 6.45) is 7.35. The second kappa shape index (κ2) is 8.72. The van der Waals surface area contributed by atoms with Gasteiger partial charge in [0.2, 0.25) is 5.91 Å². The quantitative estimate of drug-likeness (QED) is 0.815. The van der Waals surface area contributed by atoms with Gasteiger partial charge in [0.15, 0.2) is 0 Å². The third-order valence-electron chi connectivity index (χ3n) is 5.89. The van der Waals surface area contributed by atoms with Crippen molar-refractivity contribution in [3.8, 4) is 0 Å². The lowest BCUT2D eigenvalue weighted by molar-refractivity contribution is -0.134. The Morgan fingerprint density at radius 2 is 2.09 bits per heavy atom. The van der Waals surface area contributed by atoms with Crippen molar-refractivity contribution in [3.63, 3.8) is 0 Å². The van der Waals surface area contributed by atoms with E-state index in [1.807, 2.05) is 0 Å². The maximum absolute atomic E-state index is 12.8. The van der Waals surface area contributed by atoms with Gasteiger partial charge in [0, 0.05) is 19.1 Å². The SMILES string of the molecule is CCN1CCCC1CNC(=O)[C@@]12CCCC[C@H]1CNC2.Cl.Cl. The van der Waals surface area contributed by atoms with Crippen molar-refractivity contribution in [2.24, 2.45) is 11.3 Å². The Hall–Kier alpha value is -0.0300. The molecule has 2 saturated heterocycles. The van der Waals surface area contributed by atoms with Crippen molar-refractivity contribution in [1.29, 1.82) is 0 Å². The molecule has 1 aliphatic carbocycles. The highest BCUT2D eigenvalue weighted by molar-refractivity contribution is 5.85. The van der Waals surface area contributed by atoms with Crippen LogP contribution in [0.4, 0.5) is 0 Å². The highest BCUT2D eigenvalue weighted by Crippen LogP contribution is 2.43. The average molecular weight is 352 g/mol. The van der Waals surface area contributed by atoms with E-state index in [2.05, 4.69) is 22.5 Å². The van der Waals surface area contributed by atoms with Crippen LogP contribution >= 0.6 is 24.8 Å². The normalized spacial score (nSPS) is 34.4. The van der Waals surface area contributed by atoms with Gasteiger partial charge in [-0.1, -0.05) is 19.8 Å². The predicted octanol–water partition coefficient (Wildman–Crippen LogP) is 2.21. The van der Waals surface area contributed by atoms with Gasteiger partial charge < -0.3 is 10.6 Å². The minimum absolute atomic E-state index is 0. The first kappa shape index (κ1) is 20.0. The van der Waals surface area contributed by atoms with Gasteiger partial charge in [-0.15, -0.1) is 24.8 Å². The third-order valence-corrected chi connectivity index (χ3v) is 5.89. The number of nitrogens with zero attached hydrogens (tertiary/aromatic N) is 1. The van der Waals surface area contributed by atoms with Gasteiger partial charge in [-0.3, -0.25) is 9.69 Å². The molecular weight excluding hydrogens is 321 g/mol. The molecule has 2 heterocycles. The fourth-order valence-electron chi connectivity index (χ4n) is 4.62. The first-order valence-electron chi connectivity index (χ1n) is 8.49. The van der Waals surface area contributed by atoms with Crippen molar-refractivity contribution in [1.82, 2.24) is 15.5 Å². The number of rotatable bonds is 4. The van der Waals surface area contributed by atoms with Gasteiger partial charge in [0.05, 0.1) is 5.41 Å². The zero-order valence-electron chi connectivity index (χ0n) is 13.6. The monoisotopic (exact) mass is 351 g/mol. The predicted molar refractivity (Wildman–Crippen MR) is 95.0 cm³/mol. The molecule has 3 atom stereocenters. The van der Waals surface area contributed by atoms with Crippen molar-refractivity contribution in [2.75, 3.05) is 32.7 Å². The lowest BCUT2D eigenvalue weighted by atomic mass is 9.67. The van der Waals surface area contributed by atoms with E-state index >= 15 is 0 Å². The average Bonchev–Trinajstić information content (AvgIpc) is 3.11. The summed E-state index contributed by atoms with van der Waals surface area (Å²) in [5, 5.41) is 6.76. The minimum atomic E-state index is -0.0894. The van der Waals surface area contributed by atoms with Crippen LogP contribution in [0.2, 0.25) is 0 Å². The van der Waals surface area contributed by atoms with E-state index < -0.39 is 0 Å². The van der Waals surface area contributed by atoms with Crippen LogP contribution in [-0.4, -0.2) is 49.6 Å². The van der Waals surface area contributed by atoms with Crippen LogP contribution < -0.4 is 10.6 Å². The molecule has 0 aromatic rings. The summed E-state index contributed by atoms with van der Waals surface area (Å²) in [4.78, 5) is 15.3. The number of likely N-dealkylation sites (tertiary alicyclic amines) is 1. The Kier molecular flexibility index (Phi) is 7.93. The van der Waals surface area contributed by atoms with Crippen molar-refractivity contribution in [3.05, 3.63) is 0 Å². The van der Waals surface area contributed by atoms with E-state index in [1.165, 1.54) is 38.6 Å². The zero-order chi connectivity index (χ0) is 14.0. The summed E-state index contributed by atoms with van der Waals surface area (Å²) >= 11 is 0. The fourth-order valence-corrected chi connectivity index (χ4v) is 4.62. The van der Waals surface area contributed by atoms with Gasteiger partial charge in [0.1, 0.15) is 0 Å². The Labute approximate surface area is 147 Å². The van der Waals surface area contributed by atoms with E-state index in [-0.39, 0.29) is 30.2 Å². The van der Waals surface area contributed by atoms with E-state index in [9.17, 15) is 4.79 Å². The van der Waals surface area contributed by atoms with Crippen LogP contribution in [-0.2, 0) is 4.79 Å². The van der Waals surface area contributed by atoms with Crippen LogP contribution in [0.15, 0.2) is 0 Å². The Bertz CT molecular complexity index is 369. The second-order valence-corrected chi connectivity index (χ2v) is 6.86. The molecule has 0 radical (unpaired) electrons. The summed E-state index contributed by atoms with van der Waals surface area (Å²) in [7, 11) is 0. The molecule has 6 heteroatoms. The molecule has 3 fully saturated rings. The summed E-state index contributed by atoms with van der Waals surface area (Å²) < 4.78 is 0. The number of carbonyl (C=O) groups is 1. The molecule has 3 aliphatic rings. The molecule has 3 rings (SSSR count). The Morgan fingerprint density at radius 1 is 1.27 bits per heavy atom. The molecule has 0 bridgehead atoms. The van der Waals surface area contributed by atoms with E-state index in [0.717, 1.165) is 32.6 Å². The summed E-state index contributed by atoms with van der Waals surface area (Å²) in [5.41, 5.74) is -0.0894. The number of carbonyl (C=O) groups excluding carboxylic acids is 1. The maximum atomic E-state index is 12.8. The number of likely N-dealkylation sites (N-methyl/N-ethyl adjacent to an activating group) is 1. The summed E-state index contributed by atoms with van der Waals surface area (Å²) in [5.74, 6) is 0.900. The van der Waals surface area contributed by atoms with E-state index in [0.29, 0.717) is 17.9 Å². The molecule has 22 heavy (non-hydrogen) atoms. The molecule has 0 aromatic carbocycles. The number of fused-ring (bicyclic) bond motifs is 1. The van der Waals surface area contributed by atoms with Gasteiger partial charge in [-0.25, -0.2) is 0 Å². The number of hydrogen-bond acceptors (Lipinski definition) is 3. The van der Waals surface area contributed by atoms with Crippen LogP contribution in [0, 0.1) is 11.3 Å². The standard InChI is InChI=1S/C16H29N3O.2ClH/c1-2-19-9-5-7-14(19)11-18-15(20)16-8-4-3-6-13(16)10-17-12-16;;/h13-14,17H,2-12H2,1H3,(H,18,20);2*1H/t13-,14?,16+;;/m0../s1. The summed E-state index contributed by atoms with van der Waals surface area (Å²) in [6.45, 7) is 7.31. The van der Waals surface area contributed by atoms with Gasteiger partial charge in [0.25, 0.3) is 0 Å². The molecule has 1 unspecified atom stereocenters. The minimum Gasteiger partial charge on any atom is -0.354 e. The molecule has 1 saturated carbocycles. The second-order valence-electron chi connectivity index (χ2n) is 6.86. The number of amides is 1. The van der Waals surface area contributed by atoms with Crippen LogP contribution in [0.3, 0.4) is 0 Å². The molecule has 2 N–H and O–H groups in total. The molecular formula is C16H31Cl2N3O. The molecule has 130 valence electrons. The van der Waals surface area contributed by atoms with Gasteiger partial charge in [-0.2, -0.15) is 0 Å². The Balaban J connectivity index is 0.00000121. The Morgan fingerprint density at radius 3 is 2.86 bits per heavy atom. The smallest absolute Gasteiger partial charge is 0.227 e.